The highest BCUT2D eigenvalue weighted by Gasteiger charge is 2.30. The second-order valence-corrected chi connectivity index (χ2v) is 5.14. The molecule has 1 aliphatic rings. The second-order valence-electron chi connectivity index (χ2n) is 3.98. The molecule has 0 saturated carbocycles. The van der Waals surface area contributed by atoms with Gasteiger partial charge in [-0.05, 0) is 40.3 Å². The van der Waals surface area contributed by atoms with Gasteiger partial charge in [-0.2, -0.15) is 0 Å². The van der Waals surface area contributed by atoms with E-state index in [1.165, 1.54) is 11.1 Å². The molecule has 18 heavy (non-hydrogen) atoms. The lowest BCUT2D eigenvalue weighted by Gasteiger charge is -2.15. The Hall–Kier alpha value is -1.50. The molecular formula is C13H8FIN2O. The van der Waals surface area contributed by atoms with E-state index in [9.17, 15) is 9.18 Å². The fourth-order valence-electron chi connectivity index (χ4n) is 2.02. The highest BCUT2D eigenvalue weighted by molar-refractivity contribution is 14.1. The van der Waals surface area contributed by atoms with Gasteiger partial charge >= 0.3 is 0 Å². The topological polar surface area (TPSA) is 33.2 Å². The fraction of sp³-hybridized carbons (Fsp3) is 0.0769. The summed E-state index contributed by atoms with van der Waals surface area (Å²) in [5.41, 5.74) is 1.53. The summed E-state index contributed by atoms with van der Waals surface area (Å²) in [4.78, 5) is 17.5. The van der Waals surface area contributed by atoms with Crippen molar-refractivity contribution in [1.29, 1.82) is 0 Å². The molecular weight excluding hydrogens is 346 g/mol. The van der Waals surface area contributed by atoms with Gasteiger partial charge in [0.2, 0.25) is 0 Å². The van der Waals surface area contributed by atoms with Crippen LogP contribution in [0.15, 0.2) is 36.5 Å². The van der Waals surface area contributed by atoms with E-state index in [1.807, 2.05) is 34.7 Å². The Kier molecular flexibility index (Phi) is 2.77. The summed E-state index contributed by atoms with van der Waals surface area (Å²) in [7, 11) is 0. The van der Waals surface area contributed by atoms with Crippen molar-refractivity contribution < 1.29 is 9.18 Å². The van der Waals surface area contributed by atoms with Crippen LogP contribution < -0.4 is 4.90 Å². The number of hydrogen-bond donors (Lipinski definition) is 0. The van der Waals surface area contributed by atoms with Crippen molar-refractivity contribution in [2.75, 3.05) is 4.90 Å². The summed E-state index contributed by atoms with van der Waals surface area (Å²) in [5, 5.41) is 0. The third-order valence-electron chi connectivity index (χ3n) is 2.90. The van der Waals surface area contributed by atoms with E-state index in [2.05, 4.69) is 4.98 Å². The smallest absolute Gasteiger partial charge is 0.260 e. The molecule has 0 bridgehead atoms. The van der Waals surface area contributed by atoms with Crippen LogP contribution in [-0.4, -0.2) is 10.9 Å². The zero-order valence-corrected chi connectivity index (χ0v) is 11.4. The van der Waals surface area contributed by atoms with Crippen molar-refractivity contribution in [2.45, 2.75) is 6.54 Å². The first-order chi connectivity index (χ1) is 8.68. The summed E-state index contributed by atoms with van der Waals surface area (Å²) in [6.07, 6.45) is 1.51. The number of halogens is 2. The average molecular weight is 354 g/mol. The van der Waals surface area contributed by atoms with Crippen LogP contribution in [0.3, 0.4) is 0 Å². The normalized spacial score (nSPS) is 13.9. The molecule has 0 atom stereocenters. The molecule has 0 N–H and O–H groups in total. The molecule has 0 radical (unpaired) electrons. The molecule has 0 saturated heterocycles. The Bertz CT molecular complexity index is 645. The molecule has 1 amide bonds. The van der Waals surface area contributed by atoms with E-state index < -0.39 is 5.82 Å². The van der Waals surface area contributed by atoms with Crippen LogP contribution in [0.4, 0.5) is 10.2 Å². The molecule has 0 spiro atoms. The van der Waals surface area contributed by atoms with E-state index in [1.54, 1.807) is 18.2 Å². The molecule has 3 rings (SSSR count). The maximum absolute atomic E-state index is 14.0. The van der Waals surface area contributed by atoms with Gasteiger partial charge in [0.05, 0.1) is 10.1 Å². The number of carbonyl (C=O) groups is 1. The number of anilines is 1. The number of amides is 1. The number of carbonyl (C=O) groups excluding carboxylic acids is 1. The Morgan fingerprint density at radius 1 is 1.28 bits per heavy atom. The van der Waals surface area contributed by atoms with E-state index in [4.69, 9.17) is 0 Å². The third kappa shape index (κ3) is 1.69. The van der Waals surface area contributed by atoms with Crippen LogP contribution in [0, 0.1) is 9.39 Å². The molecule has 3 nitrogen and oxygen atoms in total. The Morgan fingerprint density at radius 3 is 2.83 bits per heavy atom. The average Bonchev–Trinajstić information content (AvgIpc) is 2.71. The zero-order valence-electron chi connectivity index (χ0n) is 9.23. The van der Waals surface area contributed by atoms with Crippen LogP contribution in [0.2, 0.25) is 0 Å². The molecule has 0 fully saturated rings. The summed E-state index contributed by atoms with van der Waals surface area (Å²) in [6, 6.07) is 8.88. The molecule has 2 aromatic rings. The Balaban J connectivity index is 2.07. The van der Waals surface area contributed by atoms with Crippen molar-refractivity contribution in [3.05, 3.63) is 57.0 Å². The van der Waals surface area contributed by atoms with Gasteiger partial charge in [0.25, 0.3) is 5.91 Å². The predicted molar refractivity (Wildman–Crippen MR) is 73.9 cm³/mol. The first-order valence-corrected chi connectivity index (χ1v) is 6.46. The molecule has 5 heteroatoms. The number of hydrogen-bond acceptors (Lipinski definition) is 2. The van der Waals surface area contributed by atoms with E-state index >= 15 is 0 Å². The van der Waals surface area contributed by atoms with Crippen molar-refractivity contribution >= 4 is 34.3 Å². The number of rotatable bonds is 1. The largest absolute Gasteiger partial charge is 0.286 e. The van der Waals surface area contributed by atoms with E-state index in [0.717, 1.165) is 5.56 Å². The lowest BCUT2D eigenvalue weighted by atomic mass is 10.1. The lowest BCUT2D eigenvalue weighted by molar-refractivity contribution is 0.0995. The first kappa shape index (κ1) is 11.6. The monoisotopic (exact) mass is 354 g/mol. The summed E-state index contributed by atoms with van der Waals surface area (Å²) in [5.74, 6) is -0.540. The number of pyridine rings is 1. The zero-order chi connectivity index (χ0) is 12.7. The predicted octanol–water partition coefficient (Wildman–Crippen LogP) is 2.99. The molecule has 0 aliphatic carbocycles. The molecule has 1 aliphatic heterocycles. The van der Waals surface area contributed by atoms with Gasteiger partial charge in [0, 0.05) is 11.8 Å². The molecule has 0 unspecified atom stereocenters. The van der Waals surface area contributed by atoms with Crippen molar-refractivity contribution in [3.8, 4) is 0 Å². The minimum absolute atomic E-state index is 0.100. The Labute approximate surface area is 117 Å². The molecule has 2 heterocycles. The van der Waals surface area contributed by atoms with Crippen LogP contribution >= 0.6 is 22.6 Å². The maximum Gasteiger partial charge on any atom is 0.260 e. The summed E-state index contributed by atoms with van der Waals surface area (Å²) in [6.45, 7) is 0.374. The Morgan fingerprint density at radius 2 is 2.06 bits per heavy atom. The van der Waals surface area contributed by atoms with Crippen LogP contribution in [0.25, 0.3) is 0 Å². The maximum atomic E-state index is 14.0. The number of benzene rings is 1. The highest BCUT2D eigenvalue weighted by Crippen LogP contribution is 2.29. The molecule has 1 aromatic heterocycles. The number of nitrogens with zero attached hydrogens (tertiary/aromatic N) is 2. The number of aromatic nitrogens is 1. The minimum atomic E-state index is -0.445. The van der Waals surface area contributed by atoms with Gasteiger partial charge in [-0.15, -0.1) is 0 Å². The van der Waals surface area contributed by atoms with Crippen molar-refractivity contribution in [1.82, 2.24) is 4.98 Å². The van der Waals surface area contributed by atoms with Gasteiger partial charge in [-0.25, -0.2) is 9.37 Å². The second kappa shape index (κ2) is 4.31. The van der Waals surface area contributed by atoms with Gasteiger partial charge in [-0.3, -0.25) is 9.69 Å². The van der Waals surface area contributed by atoms with Gasteiger partial charge in [-0.1, -0.05) is 18.2 Å². The van der Waals surface area contributed by atoms with Crippen molar-refractivity contribution in [2.24, 2.45) is 0 Å². The summed E-state index contributed by atoms with van der Waals surface area (Å²) >= 11 is 1.89. The SMILES string of the molecule is O=C1c2ccccc2CN1c1nccc(I)c1F. The highest BCUT2D eigenvalue weighted by atomic mass is 127. The van der Waals surface area contributed by atoms with E-state index in [-0.39, 0.29) is 11.7 Å². The van der Waals surface area contributed by atoms with Gasteiger partial charge in [0.15, 0.2) is 11.6 Å². The van der Waals surface area contributed by atoms with Gasteiger partial charge in [0.1, 0.15) is 0 Å². The molecule has 1 aromatic carbocycles. The third-order valence-corrected chi connectivity index (χ3v) is 3.73. The van der Waals surface area contributed by atoms with Crippen molar-refractivity contribution in [3.63, 3.8) is 0 Å². The quantitative estimate of drug-likeness (QED) is 0.738. The summed E-state index contributed by atoms with van der Waals surface area (Å²) < 4.78 is 14.4. The number of fused-ring (bicyclic) bond motifs is 1. The van der Waals surface area contributed by atoms with Crippen LogP contribution in [-0.2, 0) is 6.54 Å². The van der Waals surface area contributed by atoms with Crippen LogP contribution in [0.1, 0.15) is 15.9 Å². The molecule has 90 valence electrons. The van der Waals surface area contributed by atoms with Gasteiger partial charge < -0.3 is 0 Å². The lowest BCUT2D eigenvalue weighted by Crippen LogP contribution is -2.25. The standard InChI is InChI=1S/C13H8FIN2O/c14-11-10(15)5-6-16-12(11)17-7-8-3-1-2-4-9(8)13(17)18/h1-6H,7H2. The van der Waals surface area contributed by atoms with Crippen LogP contribution in [0.5, 0.6) is 0 Å². The minimum Gasteiger partial charge on any atom is -0.286 e. The fourth-order valence-corrected chi connectivity index (χ4v) is 2.43. The van der Waals surface area contributed by atoms with E-state index in [0.29, 0.717) is 15.7 Å². The first-order valence-electron chi connectivity index (χ1n) is 5.38.